The van der Waals surface area contributed by atoms with Gasteiger partial charge in [0.15, 0.2) is 5.82 Å². The fraction of sp³-hybridized carbons (Fsp3) is 0.692. The number of aromatic amines is 1. The molecule has 2 atom stereocenters. The van der Waals surface area contributed by atoms with Crippen LogP contribution in [-0.4, -0.2) is 53.9 Å². The molecule has 1 aromatic rings. The van der Waals surface area contributed by atoms with Gasteiger partial charge in [-0.3, -0.25) is 14.8 Å². The Labute approximate surface area is 113 Å². The largest absolute Gasteiger partial charge is 0.380 e. The zero-order valence-corrected chi connectivity index (χ0v) is 11.9. The summed E-state index contributed by atoms with van der Waals surface area (Å²) in [5, 5.41) is 9.89. The van der Waals surface area contributed by atoms with Crippen molar-refractivity contribution >= 4 is 11.7 Å². The number of hydrogen-bond donors (Lipinski definition) is 2. The summed E-state index contributed by atoms with van der Waals surface area (Å²) in [5.41, 5.74) is 1.02. The Bertz CT molecular complexity index is 444. The van der Waals surface area contributed by atoms with Gasteiger partial charge in [-0.25, -0.2) is 0 Å². The molecule has 1 amide bonds. The van der Waals surface area contributed by atoms with Gasteiger partial charge in [0.25, 0.3) is 0 Å². The summed E-state index contributed by atoms with van der Waals surface area (Å²) >= 11 is 0. The van der Waals surface area contributed by atoms with Gasteiger partial charge in [0.2, 0.25) is 5.91 Å². The third-order valence-corrected chi connectivity index (χ3v) is 3.62. The number of likely N-dealkylation sites (tertiary alicyclic amines) is 1. The molecule has 0 unspecified atom stereocenters. The predicted molar refractivity (Wildman–Crippen MR) is 73.1 cm³/mol. The van der Waals surface area contributed by atoms with Crippen molar-refractivity contribution in [1.82, 2.24) is 15.1 Å². The second kappa shape index (κ2) is 5.71. The second-order valence-corrected chi connectivity index (χ2v) is 5.40. The van der Waals surface area contributed by atoms with E-state index in [0.717, 1.165) is 18.7 Å². The summed E-state index contributed by atoms with van der Waals surface area (Å²) in [7, 11) is 3.62. The number of likely N-dealkylation sites (N-methyl/N-ethyl adjacent to an activating group) is 1. The Morgan fingerprint density at radius 1 is 1.63 bits per heavy atom. The van der Waals surface area contributed by atoms with Gasteiger partial charge in [0.1, 0.15) is 0 Å². The summed E-state index contributed by atoms with van der Waals surface area (Å²) in [6, 6.07) is 1.73. The van der Waals surface area contributed by atoms with E-state index in [9.17, 15) is 4.79 Å². The molecule has 2 rings (SSSR count). The highest BCUT2D eigenvalue weighted by atomic mass is 16.5. The molecule has 19 heavy (non-hydrogen) atoms. The predicted octanol–water partition coefficient (Wildman–Crippen LogP) is 1.19. The molecule has 0 radical (unpaired) electrons. The summed E-state index contributed by atoms with van der Waals surface area (Å²) in [6.07, 6.45) is 0.853. The lowest BCUT2D eigenvalue weighted by molar-refractivity contribution is -0.120. The lowest BCUT2D eigenvalue weighted by Crippen LogP contribution is -2.37. The molecule has 0 aromatic carbocycles. The van der Waals surface area contributed by atoms with Crippen LogP contribution in [0.5, 0.6) is 0 Å². The van der Waals surface area contributed by atoms with Crippen LogP contribution >= 0.6 is 0 Å². The van der Waals surface area contributed by atoms with E-state index in [0.29, 0.717) is 11.7 Å². The van der Waals surface area contributed by atoms with Crippen molar-refractivity contribution in [1.29, 1.82) is 0 Å². The van der Waals surface area contributed by atoms with Gasteiger partial charge in [-0.1, -0.05) is 13.8 Å². The van der Waals surface area contributed by atoms with Crippen molar-refractivity contribution in [3.8, 4) is 0 Å². The molecule has 1 saturated heterocycles. The first kappa shape index (κ1) is 14.0. The SMILES string of the molecule is CO[C@H]1C[C@@H](C(=O)Nc2cc(C(C)C)[nH]n2)N(C)C1. The molecule has 106 valence electrons. The van der Waals surface area contributed by atoms with E-state index in [1.807, 2.05) is 18.0 Å². The van der Waals surface area contributed by atoms with Crippen molar-refractivity contribution in [2.24, 2.45) is 0 Å². The van der Waals surface area contributed by atoms with E-state index in [1.54, 1.807) is 7.11 Å². The molecule has 2 N–H and O–H groups in total. The second-order valence-electron chi connectivity index (χ2n) is 5.40. The van der Waals surface area contributed by atoms with Crippen molar-refractivity contribution in [3.05, 3.63) is 11.8 Å². The minimum atomic E-state index is -0.149. The van der Waals surface area contributed by atoms with Crippen LogP contribution in [0, 0.1) is 0 Å². The van der Waals surface area contributed by atoms with Gasteiger partial charge in [-0.2, -0.15) is 5.10 Å². The Kier molecular flexibility index (Phi) is 4.21. The molecule has 1 aliphatic heterocycles. The topological polar surface area (TPSA) is 70.2 Å². The molecule has 1 aromatic heterocycles. The fourth-order valence-electron chi connectivity index (χ4n) is 2.34. The van der Waals surface area contributed by atoms with Crippen LogP contribution < -0.4 is 5.32 Å². The number of carbonyl (C=O) groups excluding carboxylic acids is 1. The first-order valence-electron chi connectivity index (χ1n) is 6.60. The van der Waals surface area contributed by atoms with Gasteiger partial charge in [0, 0.05) is 25.4 Å². The third kappa shape index (κ3) is 3.13. The average Bonchev–Trinajstić information content (AvgIpc) is 2.95. The maximum atomic E-state index is 12.2. The Hall–Kier alpha value is -1.40. The van der Waals surface area contributed by atoms with E-state index in [2.05, 4.69) is 29.4 Å². The number of carbonyl (C=O) groups is 1. The highest BCUT2D eigenvalue weighted by Gasteiger charge is 2.34. The molecule has 1 aliphatic rings. The summed E-state index contributed by atoms with van der Waals surface area (Å²) < 4.78 is 5.30. The van der Waals surface area contributed by atoms with Crippen LogP contribution in [0.4, 0.5) is 5.82 Å². The van der Waals surface area contributed by atoms with Gasteiger partial charge in [-0.05, 0) is 19.4 Å². The fourth-order valence-corrected chi connectivity index (χ4v) is 2.34. The number of nitrogens with zero attached hydrogens (tertiary/aromatic N) is 2. The lowest BCUT2D eigenvalue weighted by Gasteiger charge is -2.17. The lowest BCUT2D eigenvalue weighted by atomic mass is 10.1. The van der Waals surface area contributed by atoms with Crippen LogP contribution in [0.15, 0.2) is 6.07 Å². The number of methoxy groups -OCH3 is 1. The Balaban J connectivity index is 1.97. The van der Waals surface area contributed by atoms with Gasteiger partial charge >= 0.3 is 0 Å². The Morgan fingerprint density at radius 3 is 2.89 bits per heavy atom. The summed E-state index contributed by atoms with van der Waals surface area (Å²) in [6.45, 7) is 4.94. The van der Waals surface area contributed by atoms with Crippen LogP contribution in [0.1, 0.15) is 31.9 Å². The van der Waals surface area contributed by atoms with E-state index in [1.165, 1.54) is 0 Å². The number of aromatic nitrogens is 2. The number of amides is 1. The van der Waals surface area contributed by atoms with Crippen molar-refractivity contribution in [2.75, 3.05) is 26.0 Å². The third-order valence-electron chi connectivity index (χ3n) is 3.62. The monoisotopic (exact) mass is 266 g/mol. The molecule has 0 aliphatic carbocycles. The highest BCUT2D eigenvalue weighted by molar-refractivity contribution is 5.94. The first-order chi connectivity index (χ1) is 9.01. The summed E-state index contributed by atoms with van der Waals surface area (Å²) in [4.78, 5) is 14.2. The molecule has 1 fully saturated rings. The molecular weight excluding hydrogens is 244 g/mol. The maximum absolute atomic E-state index is 12.2. The number of anilines is 1. The van der Waals surface area contributed by atoms with Crippen LogP contribution in [-0.2, 0) is 9.53 Å². The maximum Gasteiger partial charge on any atom is 0.243 e. The van der Waals surface area contributed by atoms with E-state index >= 15 is 0 Å². The van der Waals surface area contributed by atoms with E-state index in [4.69, 9.17) is 4.74 Å². The Morgan fingerprint density at radius 2 is 2.37 bits per heavy atom. The van der Waals surface area contributed by atoms with E-state index < -0.39 is 0 Å². The molecule has 0 spiro atoms. The van der Waals surface area contributed by atoms with Gasteiger partial charge < -0.3 is 10.1 Å². The molecule has 2 heterocycles. The van der Waals surface area contributed by atoms with Crippen LogP contribution in [0.2, 0.25) is 0 Å². The standard InChI is InChI=1S/C13H22N4O2/c1-8(2)10-6-12(16-15-10)14-13(18)11-5-9(19-4)7-17(11)3/h6,8-9,11H,5,7H2,1-4H3,(H2,14,15,16,18)/t9-,11-/m0/s1. The smallest absolute Gasteiger partial charge is 0.243 e. The first-order valence-corrected chi connectivity index (χ1v) is 6.60. The molecule has 0 bridgehead atoms. The molecule has 6 nitrogen and oxygen atoms in total. The zero-order chi connectivity index (χ0) is 14.0. The van der Waals surface area contributed by atoms with Crippen molar-refractivity contribution < 1.29 is 9.53 Å². The van der Waals surface area contributed by atoms with Crippen LogP contribution in [0.3, 0.4) is 0 Å². The summed E-state index contributed by atoms with van der Waals surface area (Å²) in [5.74, 6) is 0.928. The molecule has 0 saturated carbocycles. The van der Waals surface area contributed by atoms with Gasteiger partial charge in [-0.15, -0.1) is 0 Å². The average molecular weight is 266 g/mol. The van der Waals surface area contributed by atoms with Crippen molar-refractivity contribution in [3.63, 3.8) is 0 Å². The minimum Gasteiger partial charge on any atom is -0.380 e. The highest BCUT2D eigenvalue weighted by Crippen LogP contribution is 2.20. The number of nitrogens with one attached hydrogen (secondary N) is 2. The zero-order valence-electron chi connectivity index (χ0n) is 11.9. The number of ether oxygens (including phenoxy) is 1. The molecule has 6 heteroatoms. The number of hydrogen-bond acceptors (Lipinski definition) is 4. The quantitative estimate of drug-likeness (QED) is 0.859. The van der Waals surface area contributed by atoms with Crippen molar-refractivity contribution in [2.45, 2.75) is 38.3 Å². The van der Waals surface area contributed by atoms with Gasteiger partial charge in [0.05, 0.1) is 12.1 Å². The molecular formula is C13H22N4O2. The normalized spacial score (nSPS) is 24.1. The number of H-pyrrole nitrogens is 1. The minimum absolute atomic E-state index is 0.0242. The van der Waals surface area contributed by atoms with Crippen LogP contribution in [0.25, 0.3) is 0 Å². The van der Waals surface area contributed by atoms with E-state index in [-0.39, 0.29) is 18.1 Å². The number of rotatable bonds is 4.